The van der Waals surface area contributed by atoms with Crippen molar-refractivity contribution in [2.24, 2.45) is 0 Å². The third-order valence-corrected chi connectivity index (χ3v) is 2.72. The van der Waals surface area contributed by atoms with E-state index in [1.807, 2.05) is 42.9 Å². The van der Waals surface area contributed by atoms with Gasteiger partial charge in [0.1, 0.15) is 5.82 Å². The molecule has 0 aliphatic carbocycles. The smallest absolute Gasteiger partial charge is 0.146 e. The summed E-state index contributed by atoms with van der Waals surface area (Å²) in [7, 11) is 0. The first kappa shape index (κ1) is 9.09. The quantitative estimate of drug-likeness (QED) is 0.616. The lowest BCUT2D eigenvalue weighted by atomic mass is 10.1. The molecule has 0 fully saturated rings. The Kier molecular flexibility index (Phi) is 1.96. The van der Waals surface area contributed by atoms with E-state index in [-0.39, 0.29) is 0 Å². The Hall–Kier alpha value is -2.16. The lowest BCUT2D eigenvalue weighted by Crippen LogP contribution is -1.91. The maximum Gasteiger partial charge on any atom is 0.146 e. The molecule has 0 atom stereocenters. The molecule has 0 N–H and O–H groups in total. The van der Waals surface area contributed by atoms with E-state index < -0.39 is 0 Å². The van der Waals surface area contributed by atoms with Crippen molar-refractivity contribution in [3.8, 4) is 11.4 Å². The van der Waals surface area contributed by atoms with Crippen LogP contribution in [-0.4, -0.2) is 14.4 Å². The molecule has 3 heteroatoms. The summed E-state index contributed by atoms with van der Waals surface area (Å²) < 4.78 is 2.07. The highest BCUT2D eigenvalue weighted by Gasteiger charge is 2.07. The third kappa shape index (κ3) is 1.29. The first-order valence-corrected chi connectivity index (χ1v) is 5.19. The molecule has 0 aliphatic heterocycles. The van der Waals surface area contributed by atoms with Gasteiger partial charge in [0.2, 0.25) is 0 Å². The summed E-state index contributed by atoms with van der Waals surface area (Å²) in [5, 5.41) is 0. The van der Waals surface area contributed by atoms with Crippen molar-refractivity contribution < 1.29 is 0 Å². The molecule has 3 aromatic heterocycles. The second-order valence-corrected chi connectivity index (χ2v) is 3.77. The largest absolute Gasteiger partial charge is 0.300 e. The Morgan fingerprint density at radius 3 is 2.94 bits per heavy atom. The van der Waals surface area contributed by atoms with Gasteiger partial charge in [0.15, 0.2) is 0 Å². The van der Waals surface area contributed by atoms with Crippen LogP contribution in [0.15, 0.2) is 49.1 Å². The van der Waals surface area contributed by atoms with Gasteiger partial charge in [-0.3, -0.25) is 9.38 Å². The van der Waals surface area contributed by atoms with Crippen LogP contribution in [0.25, 0.3) is 16.9 Å². The van der Waals surface area contributed by atoms with Crippen molar-refractivity contribution in [2.45, 2.75) is 6.92 Å². The van der Waals surface area contributed by atoms with Gasteiger partial charge in [-0.15, -0.1) is 0 Å². The van der Waals surface area contributed by atoms with Crippen LogP contribution in [0, 0.1) is 6.92 Å². The molecule has 0 bridgehead atoms. The van der Waals surface area contributed by atoms with E-state index >= 15 is 0 Å². The van der Waals surface area contributed by atoms with Crippen molar-refractivity contribution in [2.75, 3.05) is 0 Å². The second-order valence-electron chi connectivity index (χ2n) is 3.77. The van der Waals surface area contributed by atoms with Crippen LogP contribution < -0.4 is 0 Å². The first-order chi connectivity index (χ1) is 7.86. The van der Waals surface area contributed by atoms with Crippen molar-refractivity contribution in [1.29, 1.82) is 0 Å². The average molecular weight is 209 g/mol. The minimum Gasteiger partial charge on any atom is -0.300 e. The summed E-state index contributed by atoms with van der Waals surface area (Å²) in [5.41, 5.74) is 3.36. The molecule has 0 aliphatic rings. The van der Waals surface area contributed by atoms with E-state index in [1.54, 1.807) is 6.20 Å². The maximum absolute atomic E-state index is 4.45. The van der Waals surface area contributed by atoms with Gasteiger partial charge in [-0.25, -0.2) is 4.98 Å². The highest BCUT2D eigenvalue weighted by Crippen LogP contribution is 2.21. The molecular weight excluding hydrogens is 198 g/mol. The van der Waals surface area contributed by atoms with Crippen molar-refractivity contribution in [3.63, 3.8) is 0 Å². The van der Waals surface area contributed by atoms with Crippen LogP contribution in [0.1, 0.15) is 5.56 Å². The number of aromatic nitrogens is 3. The molecule has 3 aromatic rings. The SMILES string of the molecule is Cc1ccncc1-c1ncc2ccccn12. The summed E-state index contributed by atoms with van der Waals surface area (Å²) in [6.45, 7) is 2.07. The standard InChI is InChI=1S/C13H11N3/c1-10-5-6-14-9-12(10)13-15-8-11-4-2-3-7-16(11)13/h2-9H,1H3. The lowest BCUT2D eigenvalue weighted by Gasteiger charge is -2.03. The van der Waals surface area contributed by atoms with E-state index in [2.05, 4.69) is 21.3 Å². The molecule has 0 amide bonds. The summed E-state index contributed by atoms with van der Waals surface area (Å²) in [6.07, 6.45) is 7.55. The molecule has 0 radical (unpaired) electrons. The van der Waals surface area contributed by atoms with Crippen LogP contribution in [0.3, 0.4) is 0 Å². The summed E-state index contributed by atoms with van der Waals surface area (Å²) in [5.74, 6) is 0.946. The number of fused-ring (bicyclic) bond motifs is 1. The number of aryl methyl sites for hydroxylation is 1. The van der Waals surface area contributed by atoms with Crippen molar-refractivity contribution in [1.82, 2.24) is 14.4 Å². The Bertz CT molecular complexity index is 640. The predicted octanol–water partition coefficient (Wildman–Crippen LogP) is 2.70. The monoisotopic (exact) mass is 209 g/mol. The number of pyridine rings is 2. The van der Waals surface area contributed by atoms with Crippen molar-refractivity contribution in [3.05, 3.63) is 54.6 Å². The Morgan fingerprint density at radius 2 is 2.06 bits per heavy atom. The number of hydrogen-bond donors (Lipinski definition) is 0. The summed E-state index contributed by atoms with van der Waals surface area (Å²) in [4.78, 5) is 8.60. The van der Waals surface area contributed by atoms with Crippen LogP contribution >= 0.6 is 0 Å². The van der Waals surface area contributed by atoms with Crippen LogP contribution in [0.2, 0.25) is 0 Å². The van der Waals surface area contributed by atoms with Gasteiger partial charge in [0.05, 0.1) is 11.7 Å². The molecule has 3 heterocycles. The van der Waals surface area contributed by atoms with E-state index in [0.717, 1.165) is 16.9 Å². The van der Waals surface area contributed by atoms with Gasteiger partial charge in [-0.1, -0.05) is 6.07 Å². The first-order valence-electron chi connectivity index (χ1n) is 5.19. The van der Waals surface area contributed by atoms with Crippen LogP contribution in [0.4, 0.5) is 0 Å². The predicted molar refractivity (Wildman–Crippen MR) is 63.2 cm³/mol. The van der Waals surface area contributed by atoms with Crippen LogP contribution in [0.5, 0.6) is 0 Å². The Labute approximate surface area is 93.4 Å². The highest BCUT2D eigenvalue weighted by atomic mass is 15.0. The zero-order valence-electron chi connectivity index (χ0n) is 8.96. The molecule has 16 heavy (non-hydrogen) atoms. The maximum atomic E-state index is 4.45. The molecular formula is C13H11N3. The molecule has 0 unspecified atom stereocenters. The molecule has 0 spiro atoms. The number of nitrogens with zero attached hydrogens (tertiary/aromatic N) is 3. The number of hydrogen-bond acceptors (Lipinski definition) is 2. The van der Waals surface area contributed by atoms with Gasteiger partial charge in [0, 0.05) is 24.2 Å². The molecule has 3 nitrogen and oxygen atoms in total. The van der Waals surface area contributed by atoms with E-state index in [9.17, 15) is 0 Å². The lowest BCUT2D eigenvalue weighted by molar-refractivity contribution is 1.14. The zero-order valence-corrected chi connectivity index (χ0v) is 8.96. The topological polar surface area (TPSA) is 30.2 Å². The summed E-state index contributed by atoms with van der Waals surface area (Å²) in [6, 6.07) is 8.06. The molecule has 0 saturated heterocycles. The Morgan fingerprint density at radius 1 is 1.12 bits per heavy atom. The highest BCUT2D eigenvalue weighted by molar-refractivity contribution is 5.64. The van der Waals surface area contributed by atoms with E-state index in [1.165, 1.54) is 5.56 Å². The third-order valence-electron chi connectivity index (χ3n) is 2.72. The minimum absolute atomic E-state index is 0.946. The van der Waals surface area contributed by atoms with Gasteiger partial charge < -0.3 is 0 Å². The number of rotatable bonds is 1. The zero-order chi connectivity index (χ0) is 11.0. The van der Waals surface area contributed by atoms with E-state index in [0.29, 0.717) is 0 Å². The molecule has 0 aromatic carbocycles. The van der Waals surface area contributed by atoms with Gasteiger partial charge in [0.25, 0.3) is 0 Å². The van der Waals surface area contributed by atoms with Gasteiger partial charge >= 0.3 is 0 Å². The molecule has 3 rings (SSSR count). The van der Waals surface area contributed by atoms with Gasteiger partial charge in [-0.2, -0.15) is 0 Å². The van der Waals surface area contributed by atoms with Gasteiger partial charge in [-0.05, 0) is 30.7 Å². The Balaban J connectivity index is 2.31. The minimum atomic E-state index is 0.946. The second kappa shape index (κ2) is 3.45. The number of imidazole rings is 1. The fraction of sp³-hybridized carbons (Fsp3) is 0.0769. The van der Waals surface area contributed by atoms with Crippen LogP contribution in [-0.2, 0) is 0 Å². The fourth-order valence-corrected chi connectivity index (χ4v) is 1.84. The molecule has 78 valence electrons. The molecule has 0 saturated carbocycles. The fourth-order valence-electron chi connectivity index (χ4n) is 1.84. The van der Waals surface area contributed by atoms with E-state index in [4.69, 9.17) is 0 Å². The van der Waals surface area contributed by atoms with Crippen molar-refractivity contribution >= 4 is 5.52 Å². The normalized spacial score (nSPS) is 10.8. The average Bonchev–Trinajstić information content (AvgIpc) is 2.74. The summed E-state index contributed by atoms with van der Waals surface area (Å²) >= 11 is 0.